The van der Waals surface area contributed by atoms with Gasteiger partial charge in [0, 0.05) is 67.5 Å². The topological polar surface area (TPSA) is 73.6 Å². The van der Waals surface area contributed by atoms with Crippen LogP contribution in [0.4, 0.5) is 5.69 Å². The monoisotopic (exact) mass is 571 g/mol. The van der Waals surface area contributed by atoms with Gasteiger partial charge in [-0.2, -0.15) is 0 Å². The van der Waals surface area contributed by atoms with Crippen LogP contribution in [0.5, 0.6) is 0 Å². The highest BCUT2D eigenvalue weighted by Gasteiger charge is 2.26. The van der Waals surface area contributed by atoms with E-state index in [1.165, 1.54) is 5.69 Å². The van der Waals surface area contributed by atoms with Crippen LogP contribution in [0, 0.1) is 5.92 Å². The van der Waals surface area contributed by atoms with Crippen molar-refractivity contribution in [1.29, 1.82) is 0 Å². The van der Waals surface area contributed by atoms with E-state index in [1.54, 1.807) is 6.20 Å². The van der Waals surface area contributed by atoms with Gasteiger partial charge < -0.3 is 24.8 Å². The highest BCUT2D eigenvalue weighted by atomic mass is 35.5. The van der Waals surface area contributed by atoms with Gasteiger partial charge in [-0.3, -0.25) is 4.79 Å². The van der Waals surface area contributed by atoms with Crippen molar-refractivity contribution in [2.75, 3.05) is 37.6 Å². The molecule has 2 aromatic carbocycles. The van der Waals surface area contributed by atoms with Gasteiger partial charge in [-0.1, -0.05) is 55.6 Å². The summed E-state index contributed by atoms with van der Waals surface area (Å²) in [6.45, 7) is 7.55. The van der Waals surface area contributed by atoms with Gasteiger partial charge in [0.2, 0.25) is 0 Å². The third-order valence-electron chi connectivity index (χ3n) is 8.91. The average Bonchev–Trinajstić information content (AvgIpc) is 3.65. The van der Waals surface area contributed by atoms with Gasteiger partial charge in [-0.25, -0.2) is 4.98 Å². The van der Waals surface area contributed by atoms with Gasteiger partial charge in [0.1, 0.15) is 11.9 Å². The van der Waals surface area contributed by atoms with Crippen molar-refractivity contribution < 1.29 is 9.90 Å². The van der Waals surface area contributed by atoms with Crippen LogP contribution < -0.4 is 10.2 Å². The molecule has 41 heavy (non-hydrogen) atoms. The zero-order valence-corrected chi connectivity index (χ0v) is 24.6. The number of hydrogen-bond acceptors (Lipinski definition) is 5. The number of piperazine rings is 1. The molecule has 1 aliphatic carbocycles. The fraction of sp³-hybridized carbons (Fsp3) is 0.394. The van der Waals surface area contributed by atoms with Crippen molar-refractivity contribution in [3.8, 4) is 22.4 Å². The number of aryl methyl sites for hydroxylation is 1. The van der Waals surface area contributed by atoms with E-state index in [4.69, 9.17) is 11.6 Å². The second-order valence-electron chi connectivity index (χ2n) is 11.3. The van der Waals surface area contributed by atoms with Crippen LogP contribution >= 0.6 is 11.6 Å². The first-order chi connectivity index (χ1) is 19.9. The second kappa shape index (κ2) is 11.8. The number of anilines is 1. The quantitative estimate of drug-likeness (QED) is 0.269. The second-order valence-corrected chi connectivity index (χ2v) is 11.7. The Morgan fingerprint density at radius 2 is 1.66 bits per heavy atom. The van der Waals surface area contributed by atoms with Crippen molar-refractivity contribution in [3.63, 3.8) is 0 Å². The van der Waals surface area contributed by atoms with Gasteiger partial charge in [0.15, 0.2) is 0 Å². The Labute approximate surface area is 246 Å². The van der Waals surface area contributed by atoms with E-state index in [0.29, 0.717) is 10.6 Å². The minimum atomic E-state index is -0.808. The minimum absolute atomic E-state index is 0.137. The molecule has 3 heterocycles. The lowest BCUT2D eigenvalue weighted by atomic mass is 9.97. The molecule has 0 radical (unpaired) electrons. The number of aromatic nitrogens is 2. The van der Waals surface area contributed by atoms with Crippen LogP contribution in [-0.2, 0) is 7.05 Å². The Hall–Kier alpha value is -3.39. The number of carbonyl (C=O) groups excluding carboxylic acids is 1. The molecule has 1 saturated carbocycles. The maximum Gasteiger partial charge on any atom is 0.253 e. The smallest absolute Gasteiger partial charge is 0.253 e. The number of pyridine rings is 1. The standard InChI is InChI=1S/C33H38ClN5O2/c1-3-38-18-20-39(21-19-38)26-14-12-23(13-15-26)30-28(29-27(34)16-17-35-31(29)37(30)2)22-8-10-25(11-9-22)33(41)36-32(40)24-6-4-5-7-24/h8-17,24,32,40H,3-7,18-21H2,1-2H3,(H,36,41). The number of carbonyl (C=O) groups is 1. The van der Waals surface area contributed by atoms with Gasteiger partial charge in [0.25, 0.3) is 5.91 Å². The molecule has 1 aliphatic heterocycles. The normalized spacial score (nSPS) is 17.3. The van der Waals surface area contributed by atoms with Crippen molar-refractivity contribution in [3.05, 3.63) is 71.4 Å². The molecule has 8 heteroatoms. The summed E-state index contributed by atoms with van der Waals surface area (Å²) in [5.41, 5.74) is 6.60. The number of hydrogen-bond donors (Lipinski definition) is 2. The molecule has 0 spiro atoms. The molecule has 214 valence electrons. The third kappa shape index (κ3) is 5.46. The van der Waals surface area contributed by atoms with Crippen LogP contribution in [0.3, 0.4) is 0 Å². The highest BCUT2D eigenvalue weighted by Crippen LogP contribution is 2.43. The molecule has 6 rings (SSSR count). The van der Waals surface area contributed by atoms with Crippen molar-refractivity contribution in [2.45, 2.75) is 38.8 Å². The number of nitrogens with zero attached hydrogens (tertiary/aromatic N) is 4. The number of halogens is 1. The molecule has 1 atom stereocenters. The number of aliphatic hydroxyl groups is 1. The molecule has 2 aromatic heterocycles. The third-order valence-corrected chi connectivity index (χ3v) is 9.22. The summed E-state index contributed by atoms with van der Waals surface area (Å²) in [4.78, 5) is 22.5. The predicted molar refractivity (Wildman–Crippen MR) is 166 cm³/mol. The first kappa shape index (κ1) is 27.8. The first-order valence-corrected chi connectivity index (χ1v) is 15.1. The fourth-order valence-electron chi connectivity index (χ4n) is 6.47. The van der Waals surface area contributed by atoms with Gasteiger partial charge in [-0.05, 0) is 60.8 Å². The predicted octanol–water partition coefficient (Wildman–Crippen LogP) is 5.94. The Morgan fingerprint density at radius 3 is 2.32 bits per heavy atom. The van der Waals surface area contributed by atoms with Gasteiger partial charge in [-0.15, -0.1) is 0 Å². The molecule has 1 saturated heterocycles. The lowest BCUT2D eigenvalue weighted by Gasteiger charge is -2.35. The minimum Gasteiger partial charge on any atom is -0.373 e. The zero-order chi connectivity index (χ0) is 28.5. The van der Waals surface area contributed by atoms with Crippen LogP contribution in [0.15, 0.2) is 60.8 Å². The maximum atomic E-state index is 12.9. The Balaban J connectivity index is 1.32. The lowest BCUT2D eigenvalue weighted by molar-refractivity contribution is 0.0588. The number of aliphatic hydroxyl groups excluding tert-OH is 1. The van der Waals surface area contributed by atoms with Crippen LogP contribution in [0.2, 0.25) is 5.02 Å². The molecule has 7 nitrogen and oxygen atoms in total. The number of rotatable bonds is 7. The summed E-state index contributed by atoms with van der Waals surface area (Å²) in [6, 6.07) is 18.1. The maximum absolute atomic E-state index is 12.9. The SMILES string of the molecule is CCN1CCN(c2ccc(-c3c(-c4ccc(C(=O)NC(O)C5CCCC5)cc4)c4c(Cl)ccnc4n3C)cc2)CC1. The molecule has 1 unspecified atom stereocenters. The highest BCUT2D eigenvalue weighted by molar-refractivity contribution is 6.37. The average molecular weight is 572 g/mol. The molecule has 2 fully saturated rings. The first-order valence-electron chi connectivity index (χ1n) is 14.7. The van der Waals surface area contributed by atoms with Gasteiger partial charge >= 0.3 is 0 Å². The van der Waals surface area contributed by atoms with Crippen LogP contribution in [0.25, 0.3) is 33.4 Å². The van der Waals surface area contributed by atoms with Crippen LogP contribution in [0.1, 0.15) is 43.0 Å². The zero-order valence-electron chi connectivity index (χ0n) is 23.8. The molecular weight excluding hydrogens is 534 g/mol. The van der Waals surface area contributed by atoms with Crippen molar-refractivity contribution >= 4 is 34.2 Å². The van der Waals surface area contributed by atoms with E-state index >= 15 is 0 Å². The number of likely N-dealkylation sites (N-methyl/N-ethyl adjacent to an activating group) is 1. The summed E-state index contributed by atoms with van der Waals surface area (Å²) < 4.78 is 2.10. The lowest BCUT2D eigenvalue weighted by Crippen LogP contribution is -2.46. The fourth-order valence-corrected chi connectivity index (χ4v) is 6.71. The molecule has 1 amide bonds. The van der Waals surface area contributed by atoms with E-state index in [9.17, 15) is 9.90 Å². The van der Waals surface area contributed by atoms with E-state index in [0.717, 1.165) is 91.8 Å². The molecular formula is C33H38ClN5O2. The Bertz CT molecular complexity index is 1520. The van der Waals surface area contributed by atoms with Crippen molar-refractivity contribution in [2.24, 2.45) is 13.0 Å². The van der Waals surface area contributed by atoms with Crippen molar-refractivity contribution in [1.82, 2.24) is 19.8 Å². The number of amides is 1. The van der Waals surface area contributed by atoms with E-state index in [1.807, 2.05) is 37.4 Å². The number of benzene rings is 2. The summed E-state index contributed by atoms with van der Waals surface area (Å²) in [6.07, 6.45) is 5.05. The van der Waals surface area contributed by atoms with E-state index in [2.05, 4.69) is 55.9 Å². The van der Waals surface area contributed by atoms with E-state index < -0.39 is 6.23 Å². The Kier molecular flexibility index (Phi) is 8.02. The Morgan fingerprint density at radius 1 is 1.00 bits per heavy atom. The van der Waals surface area contributed by atoms with Gasteiger partial charge in [0.05, 0.1) is 10.7 Å². The number of fused-ring (bicyclic) bond motifs is 1. The number of nitrogens with one attached hydrogen (secondary N) is 1. The molecule has 2 aliphatic rings. The van der Waals surface area contributed by atoms with E-state index in [-0.39, 0.29) is 11.8 Å². The summed E-state index contributed by atoms with van der Waals surface area (Å²) in [5, 5.41) is 14.8. The molecule has 0 bridgehead atoms. The summed E-state index contributed by atoms with van der Waals surface area (Å²) in [5.74, 6) is -0.123. The van der Waals surface area contributed by atoms with Crippen LogP contribution in [-0.4, -0.2) is 64.4 Å². The largest absolute Gasteiger partial charge is 0.373 e. The molecule has 2 N–H and O–H groups in total. The summed E-state index contributed by atoms with van der Waals surface area (Å²) in [7, 11) is 2.02. The molecule has 4 aromatic rings. The summed E-state index contributed by atoms with van der Waals surface area (Å²) >= 11 is 6.78.